The molecule has 1 heterocycles. The number of benzene rings is 1. The fourth-order valence-corrected chi connectivity index (χ4v) is 3.16. The highest BCUT2D eigenvalue weighted by atomic mass is 16.6. The van der Waals surface area contributed by atoms with Crippen LogP contribution < -0.4 is 5.32 Å². The zero-order valence-electron chi connectivity index (χ0n) is 12.9. The van der Waals surface area contributed by atoms with Crippen molar-refractivity contribution in [2.45, 2.75) is 32.7 Å². The molecule has 1 fully saturated rings. The number of hydrogen-bond donors (Lipinski definition) is 1. The van der Waals surface area contributed by atoms with Gasteiger partial charge in [-0.15, -0.1) is 0 Å². The Balaban J connectivity index is 2.12. The average molecular weight is 291 g/mol. The molecule has 0 saturated carbocycles. The number of nitro groups is 1. The standard InChI is InChI=1S/C16H25N3O2/c1-3-18(12-14-8-10-17-11-9-14)13(2)15-6-4-5-7-16(15)19(20)21/h4-7,13-14,17H,3,8-12H2,1-2H3. The van der Waals surface area contributed by atoms with Crippen LogP contribution in [0.4, 0.5) is 5.69 Å². The van der Waals surface area contributed by atoms with Gasteiger partial charge in [-0.25, -0.2) is 0 Å². The van der Waals surface area contributed by atoms with Crippen LogP contribution in [0.15, 0.2) is 24.3 Å². The molecular formula is C16H25N3O2. The lowest BCUT2D eigenvalue weighted by Crippen LogP contribution is -2.37. The molecule has 1 atom stereocenters. The van der Waals surface area contributed by atoms with Crippen LogP contribution >= 0.6 is 0 Å². The van der Waals surface area contributed by atoms with E-state index in [4.69, 9.17) is 0 Å². The SMILES string of the molecule is CCN(CC1CCNCC1)C(C)c1ccccc1[N+](=O)[O-]. The van der Waals surface area contributed by atoms with Crippen molar-refractivity contribution in [1.82, 2.24) is 10.2 Å². The number of rotatable bonds is 6. The lowest BCUT2D eigenvalue weighted by molar-refractivity contribution is -0.386. The van der Waals surface area contributed by atoms with Gasteiger partial charge in [0.15, 0.2) is 0 Å². The Bertz CT molecular complexity index is 472. The Morgan fingerprint density at radius 2 is 2.05 bits per heavy atom. The predicted octanol–water partition coefficient (Wildman–Crippen LogP) is 2.98. The van der Waals surface area contributed by atoms with Gasteiger partial charge in [-0.2, -0.15) is 0 Å². The van der Waals surface area contributed by atoms with Crippen molar-refractivity contribution in [3.8, 4) is 0 Å². The summed E-state index contributed by atoms with van der Waals surface area (Å²) in [5.41, 5.74) is 1.05. The zero-order valence-corrected chi connectivity index (χ0v) is 12.9. The quantitative estimate of drug-likeness (QED) is 0.646. The minimum atomic E-state index is -0.274. The summed E-state index contributed by atoms with van der Waals surface area (Å²) in [4.78, 5) is 13.3. The van der Waals surface area contributed by atoms with Crippen LogP contribution in [0.25, 0.3) is 0 Å². The monoisotopic (exact) mass is 291 g/mol. The molecule has 0 spiro atoms. The van der Waals surface area contributed by atoms with Gasteiger partial charge >= 0.3 is 0 Å². The third-order valence-corrected chi connectivity index (χ3v) is 4.49. The van der Waals surface area contributed by atoms with Crippen molar-refractivity contribution >= 4 is 5.69 Å². The summed E-state index contributed by atoms with van der Waals surface area (Å²) >= 11 is 0. The summed E-state index contributed by atoms with van der Waals surface area (Å²) in [5.74, 6) is 0.691. The van der Waals surface area contributed by atoms with Crippen LogP contribution in [0, 0.1) is 16.0 Å². The van der Waals surface area contributed by atoms with E-state index >= 15 is 0 Å². The van der Waals surface area contributed by atoms with Crippen molar-refractivity contribution in [3.63, 3.8) is 0 Å². The molecule has 1 N–H and O–H groups in total. The molecule has 0 amide bonds. The van der Waals surface area contributed by atoms with Crippen LogP contribution in [0.1, 0.15) is 38.3 Å². The molecule has 21 heavy (non-hydrogen) atoms. The van der Waals surface area contributed by atoms with E-state index in [1.807, 2.05) is 12.1 Å². The molecule has 1 unspecified atom stereocenters. The van der Waals surface area contributed by atoms with E-state index in [0.29, 0.717) is 5.92 Å². The summed E-state index contributed by atoms with van der Waals surface area (Å²) in [6.07, 6.45) is 2.39. The summed E-state index contributed by atoms with van der Waals surface area (Å²) < 4.78 is 0. The number of hydrogen-bond acceptors (Lipinski definition) is 4. The summed E-state index contributed by atoms with van der Waals surface area (Å²) in [7, 11) is 0. The molecule has 0 bridgehead atoms. The van der Waals surface area contributed by atoms with E-state index in [0.717, 1.165) is 31.7 Å². The fourth-order valence-electron chi connectivity index (χ4n) is 3.16. The summed E-state index contributed by atoms with van der Waals surface area (Å²) in [6.45, 7) is 8.31. The molecule has 1 aromatic rings. The molecule has 0 aliphatic carbocycles. The minimum Gasteiger partial charge on any atom is -0.317 e. The van der Waals surface area contributed by atoms with E-state index in [-0.39, 0.29) is 16.7 Å². The van der Waals surface area contributed by atoms with Crippen LogP contribution in [0.3, 0.4) is 0 Å². The Morgan fingerprint density at radius 1 is 1.38 bits per heavy atom. The highest BCUT2D eigenvalue weighted by Crippen LogP contribution is 2.30. The van der Waals surface area contributed by atoms with E-state index in [2.05, 4.69) is 24.1 Å². The predicted molar refractivity (Wildman–Crippen MR) is 84.4 cm³/mol. The Labute approximate surface area is 126 Å². The molecule has 0 radical (unpaired) electrons. The van der Waals surface area contributed by atoms with Gasteiger partial charge in [0.1, 0.15) is 0 Å². The Kier molecular flexibility index (Phi) is 5.70. The first-order valence-electron chi connectivity index (χ1n) is 7.81. The first kappa shape index (κ1) is 15.9. The molecule has 1 aliphatic heterocycles. The van der Waals surface area contributed by atoms with Crippen molar-refractivity contribution in [3.05, 3.63) is 39.9 Å². The molecule has 5 nitrogen and oxygen atoms in total. The summed E-state index contributed by atoms with van der Waals surface area (Å²) in [5, 5.41) is 14.6. The van der Waals surface area contributed by atoms with E-state index in [9.17, 15) is 10.1 Å². The smallest absolute Gasteiger partial charge is 0.274 e. The maximum atomic E-state index is 11.2. The molecule has 116 valence electrons. The number of para-hydroxylation sites is 1. The van der Waals surface area contributed by atoms with E-state index in [1.165, 1.54) is 12.8 Å². The number of nitro benzene ring substituents is 1. The molecule has 5 heteroatoms. The second-order valence-electron chi connectivity index (χ2n) is 5.77. The maximum absolute atomic E-state index is 11.2. The maximum Gasteiger partial charge on any atom is 0.274 e. The number of nitrogens with zero attached hydrogens (tertiary/aromatic N) is 2. The van der Waals surface area contributed by atoms with Crippen LogP contribution in [-0.2, 0) is 0 Å². The van der Waals surface area contributed by atoms with Gasteiger partial charge < -0.3 is 5.32 Å². The van der Waals surface area contributed by atoms with Crippen molar-refractivity contribution in [1.29, 1.82) is 0 Å². The van der Waals surface area contributed by atoms with Crippen molar-refractivity contribution in [2.24, 2.45) is 5.92 Å². The second kappa shape index (κ2) is 7.52. The van der Waals surface area contributed by atoms with E-state index in [1.54, 1.807) is 12.1 Å². The number of nitrogens with one attached hydrogen (secondary N) is 1. The van der Waals surface area contributed by atoms with Crippen LogP contribution in [0.2, 0.25) is 0 Å². The second-order valence-corrected chi connectivity index (χ2v) is 5.77. The van der Waals surface area contributed by atoms with Crippen molar-refractivity contribution < 1.29 is 4.92 Å². The minimum absolute atomic E-state index is 0.0754. The van der Waals surface area contributed by atoms with Gasteiger partial charge in [0.2, 0.25) is 0 Å². The number of piperidine rings is 1. The van der Waals surface area contributed by atoms with E-state index < -0.39 is 0 Å². The first-order valence-corrected chi connectivity index (χ1v) is 7.81. The van der Waals surface area contributed by atoms with Gasteiger partial charge in [0.05, 0.1) is 4.92 Å². The highest BCUT2D eigenvalue weighted by molar-refractivity contribution is 5.41. The molecule has 0 aromatic heterocycles. The zero-order chi connectivity index (χ0) is 15.2. The lowest BCUT2D eigenvalue weighted by Gasteiger charge is -2.33. The molecule has 1 saturated heterocycles. The normalized spacial score (nSPS) is 17.9. The Morgan fingerprint density at radius 3 is 2.67 bits per heavy atom. The van der Waals surface area contributed by atoms with Gasteiger partial charge in [0, 0.05) is 24.2 Å². The first-order chi connectivity index (χ1) is 10.1. The van der Waals surface area contributed by atoms with Crippen LogP contribution in [0.5, 0.6) is 0 Å². The fraction of sp³-hybridized carbons (Fsp3) is 0.625. The van der Waals surface area contributed by atoms with Gasteiger partial charge in [-0.1, -0.05) is 25.1 Å². The average Bonchev–Trinajstić information content (AvgIpc) is 2.53. The van der Waals surface area contributed by atoms with Gasteiger partial charge in [-0.05, 0) is 45.3 Å². The molecular weight excluding hydrogens is 266 g/mol. The molecule has 2 rings (SSSR count). The third-order valence-electron chi connectivity index (χ3n) is 4.49. The van der Waals surface area contributed by atoms with Crippen molar-refractivity contribution in [2.75, 3.05) is 26.2 Å². The largest absolute Gasteiger partial charge is 0.317 e. The lowest BCUT2D eigenvalue weighted by atomic mass is 9.96. The van der Waals surface area contributed by atoms with Gasteiger partial charge in [-0.3, -0.25) is 15.0 Å². The third kappa shape index (κ3) is 4.02. The highest BCUT2D eigenvalue weighted by Gasteiger charge is 2.25. The summed E-state index contributed by atoms with van der Waals surface area (Å²) in [6, 6.07) is 7.18. The van der Waals surface area contributed by atoms with Gasteiger partial charge in [0.25, 0.3) is 5.69 Å². The molecule has 1 aromatic carbocycles. The van der Waals surface area contributed by atoms with Crippen LogP contribution in [-0.4, -0.2) is 36.0 Å². The Hall–Kier alpha value is -1.46. The topological polar surface area (TPSA) is 58.4 Å². The molecule has 1 aliphatic rings.